The van der Waals surface area contributed by atoms with Crippen LogP contribution in [-0.4, -0.2) is 21.8 Å². The number of aromatic nitrogens is 1. The molecule has 19 heavy (non-hydrogen) atoms. The first-order valence-electron chi connectivity index (χ1n) is 5.87. The number of benzene rings is 1. The van der Waals surface area contributed by atoms with Crippen LogP contribution in [0.2, 0.25) is 5.02 Å². The van der Waals surface area contributed by atoms with E-state index in [4.69, 9.17) is 26.6 Å². The van der Waals surface area contributed by atoms with Crippen molar-refractivity contribution in [3.05, 3.63) is 52.7 Å². The normalized spacial score (nSPS) is 10.5. The largest absolute Gasteiger partial charge is 0.439 e. The van der Waals surface area contributed by atoms with Crippen molar-refractivity contribution in [3.8, 4) is 11.6 Å². The summed E-state index contributed by atoms with van der Waals surface area (Å²) >= 11 is 5.85. The minimum absolute atomic E-state index is 0.124. The van der Waals surface area contributed by atoms with Crippen LogP contribution in [-0.2, 0) is 13.0 Å². The van der Waals surface area contributed by atoms with Crippen molar-refractivity contribution in [2.45, 2.75) is 13.0 Å². The minimum Gasteiger partial charge on any atom is -0.439 e. The molecule has 100 valence electrons. The number of rotatable bonds is 5. The molecule has 1 aromatic heterocycles. The van der Waals surface area contributed by atoms with Crippen LogP contribution in [0.15, 0.2) is 36.4 Å². The van der Waals surface area contributed by atoms with E-state index in [1.807, 2.05) is 12.1 Å². The zero-order valence-corrected chi connectivity index (χ0v) is 11.0. The van der Waals surface area contributed by atoms with E-state index in [9.17, 15) is 0 Å². The fourth-order valence-electron chi connectivity index (χ4n) is 1.61. The molecule has 4 nitrogen and oxygen atoms in total. The summed E-state index contributed by atoms with van der Waals surface area (Å²) in [5.74, 6) is 1.02. The monoisotopic (exact) mass is 279 g/mol. The first-order chi connectivity index (χ1) is 9.22. The van der Waals surface area contributed by atoms with Crippen LogP contribution >= 0.6 is 11.6 Å². The molecule has 2 aromatic rings. The highest BCUT2D eigenvalue weighted by Gasteiger charge is 2.05. The van der Waals surface area contributed by atoms with Gasteiger partial charge < -0.3 is 14.9 Å². The Balaban J connectivity index is 2.12. The Morgan fingerprint density at radius 2 is 1.79 bits per heavy atom. The molecule has 0 saturated heterocycles. The molecule has 0 bridgehead atoms. The second-order valence-corrected chi connectivity index (χ2v) is 4.36. The lowest BCUT2D eigenvalue weighted by Crippen LogP contribution is -1.95. The Morgan fingerprint density at radius 3 is 2.42 bits per heavy atom. The van der Waals surface area contributed by atoms with E-state index in [0.29, 0.717) is 28.8 Å². The van der Waals surface area contributed by atoms with Gasteiger partial charge in [0.2, 0.25) is 5.88 Å². The Labute approximate surface area is 116 Å². The standard InChI is InChI=1S/C14H14ClNO3/c15-12-5-6-14(16-13(12)9-18)19-11-3-1-10(2-4-11)7-8-17/h1-6,17-18H,7-9H2. The predicted octanol–water partition coefficient (Wildman–Crippen LogP) is 2.55. The predicted molar refractivity (Wildman–Crippen MR) is 72.5 cm³/mol. The van der Waals surface area contributed by atoms with E-state index in [2.05, 4.69) is 4.98 Å². The molecule has 0 aliphatic carbocycles. The van der Waals surface area contributed by atoms with E-state index in [-0.39, 0.29) is 13.2 Å². The van der Waals surface area contributed by atoms with Crippen LogP contribution in [0.3, 0.4) is 0 Å². The van der Waals surface area contributed by atoms with E-state index < -0.39 is 0 Å². The van der Waals surface area contributed by atoms with Crippen molar-refractivity contribution in [2.24, 2.45) is 0 Å². The zero-order valence-electron chi connectivity index (χ0n) is 10.2. The molecule has 0 aliphatic heterocycles. The summed E-state index contributed by atoms with van der Waals surface area (Å²) in [4.78, 5) is 4.10. The summed E-state index contributed by atoms with van der Waals surface area (Å²) in [6.07, 6.45) is 0.619. The average molecular weight is 280 g/mol. The van der Waals surface area contributed by atoms with Crippen LogP contribution in [0, 0.1) is 0 Å². The third-order valence-corrected chi connectivity index (χ3v) is 2.93. The first kappa shape index (κ1) is 13.8. The highest BCUT2D eigenvalue weighted by Crippen LogP contribution is 2.23. The fraction of sp³-hybridized carbons (Fsp3) is 0.214. The van der Waals surface area contributed by atoms with Crippen molar-refractivity contribution in [1.82, 2.24) is 4.98 Å². The molecule has 0 atom stereocenters. The quantitative estimate of drug-likeness (QED) is 0.883. The summed E-state index contributed by atoms with van der Waals surface area (Å²) in [6, 6.07) is 10.7. The van der Waals surface area contributed by atoms with Crippen LogP contribution in [0.5, 0.6) is 11.6 Å². The van der Waals surface area contributed by atoms with Crippen molar-refractivity contribution in [3.63, 3.8) is 0 Å². The van der Waals surface area contributed by atoms with Gasteiger partial charge in [-0.1, -0.05) is 23.7 Å². The van der Waals surface area contributed by atoms with Gasteiger partial charge in [-0.3, -0.25) is 0 Å². The molecule has 0 spiro atoms. The van der Waals surface area contributed by atoms with Gasteiger partial charge in [-0.25, -0.2) is 4.98 Å². The summed E-state index contributed by atoms with van der Waals surface area (Å²) in [6.45, 7) is -0.107. The zero-order chi connectivity index (χ0) is 13.7. The molecular weight excluding hydrogens is 266 g/mol. The van der Waals surface area contributed by atoms with Gasteiger partial charge >= 0.3 is 0 Å². The molecule has 5 heteroatoms. The maximum atomic E-state index is 9.08. The topological polar surface area (TPSA) is 62.6 Å². The number of halogens is 1. The van der Waals surface area contributed by atoms with Gasteiger partial charge in [-0.05, 0) is 30.2 Å². The average Bonchev–Trinajstić information content (AvgIpc) is 2.43. The molecule has 1 aromatic carbocycles. The molecule has 1 heterocycles. The summed E-state index contributed by atoms with van der Waals surface area (Å²) in [5, 5.41) is 18.3. The number of nitrogens with zero attached hydrogens (tertiary/aromatic N) is 1. The van der Waals surface area contributed by atoms with E-state index in [0.717, 1.165) is 5.56 Å². The summed E-state index contributed by atoms with van der Waals surface area (Å²) < 4.78 is 5.57. The van der Waals surface area contributed by atoms with Gasteiger partial charge in [0, 0.05) is 12.7 Å². The van der Waals surface area contributed by atoms with E-state index in [1.54, 1.807) is 24.3 Å². The Bertz CT molecular complexity index is 543. The molecule has 0 unspecified atom stereocenters. The Kier molecular flexibility index (Phi) is 4.74. The molecule has 0 aliphatic rings. The fourth-order valence-corrected chi connectivity index (χ4v) is 1.77. The van der Waals surface area contributed by atoms with Gasteiger partial charge in [-0.15, -0.1) is 0 Å². The van der Waals surface area contributed by atoms with Gasteiger partial charge in [0.05, 0.1) is 17.3 Å². The smallest absolute Gasteiger partial charge is 0.219 e. The number of ether oxygens (including phenoxy) is 1. The second-order valence-electron chi connectivity index (χ2n) is 3.96. The van der Waals surface area contributed by atoms with Gasteiger partial charge in [0.15, 0.2) is 0 Å². The van der Waals surface area contributed by atoms with Crippen LogP contribution in [0.4, 0.5) is 0 Å². The third-order valence-electron chi connectivity index (χ3n) is 2.59. The first-order valence-corrected chi connectivity index (χ1v) is 6.24. The Hall–Kier alpha value is -1.62. The molecule has 0 fully saturated rings. The molecule has 0 amide bonds. The van der Waals surface area contributed by atoms with Crippen molar-refractivity contribution < 1.29 is 14.9 Å². The van der Waals surface area contributed by atoms with Gasteiger partial charge in [-0.2, -0.15) is 0 Å². The highest BCUT2D eigenvalue weighted by molar-refractivity contribution is 6.31. The van der Waals surface area contributed by atoms with E-state index >= 15 is 0 Å². The lowest BCUT2D eigenvalue weighted by atomic mass is 10.1. The number of aliphatic hydroxyl groups is 2. The Morgan fingerprint density at radius 1 is 1.05 bits per heavy atom. The maximum Gasteiger partial charge on any atom is 0.219 e. The number of aliphatic hydroxyl groups excluding tert-OH is 2. The highest BCUT2D eigenvalue weighted by atomic mass is 35.5. The molecular formula is C14H14ClNO3. The van der Waals surface area contributed by atoms with Crippen molar-refractivity contribution in [1.29, 1.82) is 0 Å². The SMILES string of the molecule is OCCc1ccc(Oc2ccc(Cl)c(CO)n2)cc1. The lowest BCUT2D eigenvalue weighted by Gasteiger charge is -2.07. The lowest BCUT2D eigenvalue weighted by molar-refractivity contribution is 0.275. The summed E-state index contributed by atoms with van der Waals surface area (Å²) in [5.41, 5.74) is 1.42. The third kappa shape index (κ3) is 3.67. The van der Waals surface area contributed by atoms with Gasteiger partial charge in [0.25, 0.3) is 0 Å². The van der Waals surface area contributed by atoms with Crippen LogP contribution in [0.25, 0.3) is 0 Å². The number of hydrogen-bond acceptors (Lipinski definition) is 4. The minimum atomic E-state index is -0.231. The summed E-state index contributed by atoms with van der Waals surface area (Å²) in [7, 11) is 0. The van der Waals surface area contributed by atoms with Gasteiger partial charge in [0.1, 0.15) is 5.75 Å². The number of hydrogen-bond donors (Lipinski definition) is 2. The van der Waals surface area contributed by atoms with Crippen molar-refractivity contribution in [2.75, 3.05) is 6.61 Å². The van der Waals surface area contributed by atoms with E-state index in [1.165, 1.54) is 0 Å². The maximum absolute atomic E-state index is 9.08. The molecule has 0 saturated carbocycles. The van der Waals surface area contributed by atoms with Crippen LogP contribution in [0.1, 0.15) is 11.3 Å². The molecule has 2 rings (SSSR count). The van der Waals surface area contributed by atoms with Crippen molar-refractivity contribution >= 4 is 11.6 Å². The second kappa shape index (κ2) is 6.52. The molecule has 2 N–H and O–H groups in total. The molecule has 0 radical (unpaired) electrons. The number of pyridine rings is 1. The van der Waals surface area contributed by atoms with Crippen LogP contribution < -0.4 is 4.74 Å².